The van der Waals surface area contributed by atoms with Gasteiger partial charge in [-0.2, -0.15) is 0 Å². The Morgan fingerprint density at radius 1 is 1.17 bits per heavy atom. The summed E-state index contributed by atoms with van der Waals surface area (Å²) in [5.41, 5.74) is 0.786. The molecule has 2 amide bonds. The normalized spacial score (nSPS) is 12.2. The van der Waals surface area contributed by atoms with Gasteiger partial charge in [0.05, 0.1) is 17.5 Å². The lowest BCUT2D eigenvalue weighted by Gasteiger charge is -2.24. The van der Waals surface area contributed by atoms with Crippen molar-refractivity contribution in [3.05, 3.63) is 29.8 Å². The number of ether oxygens (including phenoxy) is 1. The van der Waals surface area contributed by atoms with E-state index in [-0.39, 0.29) is 35.0 Å². The van der Waals surface area contributed by atoms with Crippen LogP contribution in [0.4, 0.5) is 5.69 Å². The first-order chi connectivity index (χ1) is 11.1. The Morgan fingerprint density at radius 2 is 1.75 bits per heavy atom. The first-order valence-corrected chi connectivity index (χ1v) is 8.46. The number of amides is 2. The maximum atomic E-state index is 11.9. The van der Waals surface area contributed by atoms with Crippen LogP contribution in [0.5, 0.6) is 0 Å². The lowest BCUT2D eigenvalue weighted by molar-refractivity contribution is -0.122. The molecular weight excluding hydrogens is 376 g/mol. The van der Waals surface area contributed by atoms with Gasteiger partial charge in [0, 0.05) is 18.7 Å². The van der Waals surface area contributed by atoms with Crippen LogP contribution in [-0.2, 0) is 14.3 Å². The highest BCUT2D eigenvalue weighted by molar-refractivity contribution is 9.10. The van der Waals surface area contributed by atoms with Crippen molar-refractivity contribution in [2.75, 3.05) is 19.0 Å². The predicted molar refractivity (Wildman–Crippen MR) is 96.2 cm³/mol. The topological polar surface area (TPSA) is 84.5 Å². The van der Waals surface area contributed by atoms with Crippen LogP contribution in [0.3, 0.4) is 0 Å². The van der Waals surface area contributed by atoms with Gasteiger partial charge in [-0.3, -0.25) is 9.59 Å². The summed E-state index contributed by atoms with van der Waals surface area (Å²) in [7, 11) is 1.31. The fraction of sp³-hybridized carbons (Fsp3) is 0.471. The summed E-state index contributed by atoms with van der Waals surface area (Å²) in [6, 6.07) is 6.39. The molecule has 6 nitrogen and oxygen atoms in total. The summed E-state index contributed by atoms with van der Waals surface area (Å²) in [5, 5.41) is 5.43. The lowest BCUT2D eigenvalue weighted by Crippen LogP contribution is -2.39. The van der Waals surface area contributed by atoms with Crippen molar-refractivity contribution in [3.63, 3.8) is 0 Å². The van der Waals surface area contributed by atoms with Gasteiger partial charge in [-0.1, -0.05) is 36.7 Å². The Kier molecular flexibility index (Phi) is 7.41. The molecule has 0 aromatic heterocycles. The fourth-order valence-electron chi connectivity index (χ4n) is 1.81. The Morgan fingerprint density at radius 3 is 2.25 bits per heavy atom. The molecule has 0 saturated heterocycles. The maximum Gasteiger partial charge on any atom is 0.337 e. The third-order valence-corrected chi connectivity index (χ3v) is 5.02. The first-order valence-electron chi connectivity index (χ1n) is 7.55. The van der Waals surface area contributed by atoms with E-state index in [0.29, 0.717) is 11.3 Å². The van der Waals surface area contributed by atoms with E-state index in [4.69, 9.17) is 0 Å². The molecular formula is C17H23BrN2O4. The summed E-state index contributed by atoms with van der Waals surface area (Å²) in [5.74, 6) is -0.792. The predicted octanol–water partition coefficient (Wildman–Crippen LogP) is 2.73. The molecule has 1 aromatic carbocycles. The van der Waals surface area contributed by atoms with E-state index in [0.717, 1.165) is 0 Å². The zero-order chi connectivity index (χ0) is 18.3. The molecule has 0 aliphatic carbocycles. The summed E-state index contributed by atoms with van der Waals surface area (Å²) < 4.78 is 4.61. The number of carbonyl (C=O) groups is 3. The number of benzene rings is 1. The lowest BCUT2D eigenvalue weighted by atomic mass is 9.92. The Labute approximate surface area is 150 Å². The molecule has 7 heteroatoms. The monoisotopic (exact) mass is 398 g/mol. The van der Waals surface area contributed by atoms with E-state index in [2.05, 4.69) is 31.3 Å². The van der Waals surface area contributed by atoms with E-state index in [9.17, 15) is 14.4 Å². The van der Waals surface area contributed by atoms with Crippen LogP contribution in [0.1, 0.15) is 37.6 Å². The molecule has 2 N–H and O–H groups in total. The number of methoxy groups -OCH3 is 1. The molecule has 0 radical (unpaired) electrons. The van der Waals surface area contributed by atoms with Crippen LogP contribution in [0, 0.1) is 5.41 Å². The standard InChI is InChI=1S/C17H23BrN2O4/c1-17(2,3)14(18)15(22)19-10-9-13(21)20-12-7-5-11(6-8-12)16(23)24-4/h5-8,14H,9-10H2,1-4H3,(H,19,22)(H,20,21)/t14-/m0/s1. The maximum absolute atomic E-state index is 11.9. The van der Waals surface area contributed by atoms with Gasteiger partial charge in [0.15, 0.2) is 0 Å². The molecule has 1 aromatic rings. The Bertz CT molecular complexity index is 594. The molecule has 1 rings (SSSR count). The molecule has 0 saturated carbocycles. The van der Waals surface area contributed by atoms with Crippen LogP contribution in [0.2, 0.25) is 0 Å². The number of halogens is 1. The molecule has 1 atom stereocenters. The van der Waals surface area contributed by atoms with Gasteiger partial charge in [-0.25, -0.2) is 4.79 Å². The minimum atomic E-state index is -0.432. The van der Waals surface area contributed by atoms with Crippen molar-refractivity contribution in [1.82, 2.24) is 5.32 Å². The summed E-state index contributed by atoms with van der Waals surface area (Å²) >= 11 is 3.36. The third kappa shape index (κ3) is 6.31. The van der Waals surface area contributed by atoms with Gasteiger partial charge in [-0.15, -0.1) is 0 Å². The Balaban J connectivity index is 2.42. The number of hydrogen-bond donors (Lipinski definition) is 2. The molecule has 132 valence electrons. The van der Waals surface area contributed by atoms with Crippen molar-refractivity contribution in [3.8, 4) is 0 Å². The zero-order valence-corrected chi connectivity index (χ0v) is 15.9. The second-order valence-electron chi connectivity index (χ2n) is 6.39. The molecule has 0 bridgehead atoms. The van der Waals surface area contributed by atoms with E-state index in [1.54, 1.807) is 24.3 Å². The van der Waals surface area contributed by atoms with Gasteiger partial charge >= 0.3 is 5.97 Å². The number of carbonyl (C=O) groups excluding carboxylic acids is 3. The number of rotatable bonds is 6. The van der Waals surface area contributed by atoms with Crippen LogP contribution >= 0.6 is 15.9 Å². The van der Waals surface area contributed by atoms with Crippen molar-refractivity contribution >= 4 is 39.4 Å². The van der Waals surface area contributed by atoms with Crippen molar-refractivity contribution in [2.24, 2.45) is 5.41 Å². The largest absolute Gasteiger partial charge is 0.465 e. The van der Waals surface area contributed by atoms with E-state index in [1.165, 1.54) is 7.11 Å². The Hall–Kier alpha value is -1.89. The number of esters is 1. The van der Waals surface area contributed by atoms with Gasteiger partial charge in [-0.05, 0) is 29.7 Å². The number of hydrogen-bond acceptors (Lipinski definition) is 4. The highest BCUT2D eigenvalue weighted by Crippen LogP contribution is 2.25. The van der Waals surface area contributed by atoms with Crippen LogP contribution < -0.4 is 10.6 Å². The summed E-state index contributed by atoms with van der Waals surface area (Å²) in [6.07, 6.45) is 0.161. The molecule has 0 fully saturated rings. The van der Waals surface area contributed by atoms with Gasteiger partial charge < -0.3 is 15.4 Å². The van der Waals surface area contributed by atoms with E-state index < -0.39 is 5.97 Å². The summed E-state index contributed by atoms with van der Waals surface area (Å²) in [4.78, 5) is 34.8. The van der Waals surface area contributed by atoms with Crippen molar-refractivity contribution in [1.29, 1.82) is 0 Å². The quantitative estimate of drug-likeness (QED) is 0.569. The second-order valence-corrected chi connectivity index (χ2v) is 7.30. The molecule has 0 heterocycles. The van der Waals surface area contributed by atoms with Gasteiger partial charge in [0.1, 0.15) is 0 Å². The van der Waals surface area contributed by atoms with Crippen LogP contribution in [0.25, 0.3) is 0 Å². The number of alkyl halides is 1. The van der Waals surface area contributed by atoms with Crippen molar-refractivity contribution < 1.29 is 19.1 Å². The molecule has 0 spiro atoms. The van der Waals surface area contributed by atoms with E-state index in [1.807, 2.05) is 20.8 Å². The SMILES string of the molecule is COC(=O)c1ccc(NC(=O)CCNC(=O)[C@H](Br)C(C)(C)C)cc1. The third-order valence-electron chi connectivity index (χ3n) is 3.23. The minimum Gasteiger partial charge on any atom is -0.465 e. The average Bonchev–Trinajstić information content (AvgIpc) is 2.53. The molecule has 24 heavy (non-hydrogen) atoms. The smallest absolute Gasteiger partial charge is 0.337 e. The number of anilines is 1. The van der Waals surface area contributed by atoms with Crippen LogP contribution in [-0.4, -0.2) is 36.3 Å². The zero-order valence-electron chi connectivity index (χ0n) is 14.3. The summed E-state index contributed by atoms with van der Waals surface area (Å²) in [6.45, 7) is 6.12. The first kappa shape index (κ1) is 20.2. The fourth-order valence-corrected chi connectivity index (χ4v) is 1.97. The molecule has 0 aliphatic heterocycles. The second kappa shape index (κ2) is 8.82. The number of nitrogens with one attached hydrogen (secondary N) is 2. The highest BCUT2D eigenvalue weighted by Gasteiger charge is 2.28. The van der Waals surface area contributed by atoms with Crippen LogP contribution in [0.15, 0.2) is 24.3 Å². The molecule has 0 aliphatic rings. The average molecular weight is 399 g/mol. The van der Waals surface area contributed by atoms with E-state index >= 15 is 0 Å². The highest BCUT2D eigenvalue weighted by atomic mass is 79.9. The van der Waals surface area contributed by atoms with Gasteiger partial charge in [0.2, 0.25) is 11.8 Å². The van der Waals surface area contributed by atoms with Gasteiger partial charge in [0.25, 0.3) is 0 Å². The molecule has 0 unspecified atom stereocenters. The van der Waals surface area contributed by atoms with Crippen molar-refractivity contribution in [2.45, 2.75) is 32.0 Å². The minimum absolute atomic E-state index is 0.141.